The van der Waals surface area contributed by atoms with E-state index in [0.29, 0.717) is 11.4 Å². The molecule has 5 nitrogen and oxygen atoms in total. The summed E-state index contributed by atoms with van der Waals surface area (Å²) in [6.45, 7) is 5.98. The molecular formula is C14H18N4O. The first-order valence-electron chi connectivity index (χ1n) is 6.07. The van der Waals surface area contributed by atoms with E-state index in [4.69, 9.17) is 5.73 Å². The van der Waals surface area contributed by atoms with Crippen molar-refractivity contribution in [3.63, 3.8) is 0 Å². The number of hydrogen-bond donors (Lipinski definition) is 2. The van der Waals surface area contributed by atoms with E-state index >= 15 is 0 Å². The summed E-state index contributed by atoms with van der Waals surface area (Å²) in [7, 11) is 1.69. The lowest BCUT2D eigenvalue weighted by atomic mass is 10.0. The van der Waals surface area contributed by atoms with Crippen LogP contribution in [-0.2, 0) is 7.05 Å². The van der Waals surface area contributed by atoms with Crippen LogP contribution in [0.5, 0.6) is 0 Å². The molecule has 5 heteroatoms. The number of nitrogen functional groups attached to an aromatic ring is 1. The molecule has 1 aromatic carbocycles. The molecule has 1 amide bonds. The predicted octanol–water partition coefficient (Wildman–Crippen LogP) is 2.18. The van der Waals surface area contributed by atoms with Gasteiger partial charge in [-0.3, -0.25) is 9.48 Å². The molecule has 0 bridgehead atoms. The number of aromatic nitrogens is 2. The average Bonchev–Trinajstić information content (AvgIpc) is 2.63. The van der Waals surface area contributed by atoms with Gasteiger partial charge in [0.25, 0.3) is 5.91 Å². The third kappa shape index (κ3) is 2.45. The summed E-state index contributed by atoms with van der Waals surface area (Å²) in [5.41, 5.74) is 10.6. The molecule has 1 heterocycles. The second kappa shape index (κ2) is 4.76. The molecule has 1 aromatic heterocycles. The molecule has 0 unspecified atom stereocenters. The standard InChI is InChI=1S/C14H18N4O/c1-8-5-9(2)12(10(3)6-8)17-14(19)13-11(15)7-16-18(13)4/h5-7H,15H2,1-4H3,(H,17,19). The number of nitrogens with one attached hydrogen (secondary N) is 1. The minimum absolute atomic E-state index is 0.243. The fourth-order valence-corrected chi connectivity index (χ4v) is 2.28. The molecule has 0 fully saturated rings. The number of rotatable bonds is 2. The topological polar surface area (TPSA) is 72.9 Å². The van der Waals surface area contributed by atoms with Gasteiger partial charge in [-0.2, -0.15) is 5.10 Å². The van der Waals surface area contributed by atoms with E-state index in [1.165, 1.54) is 16.4 Å². The quantitative estimate of drug-likeness (QED) is 0.867. The monoisotopic (exact) mass is 258 g/mol. The number of benzene rings is 1. The number of carbonyl (C=O) groups excluding carboxylic acids is 1. The lowest BCUT2D eigenvalue weighted by molar-refractivity contribution is 0.101. The zero-order valence-corrected chi connectivity index (χ0v) is 11.6. The Labute approximate surface area is 112 Å². The van der Waals surface area contributed by atoms with Gasteiger partial charge in [-0.25, -0.2) is 0 Å². The molecule has 0 spiro atoms. The van der Waals surface area contributed by atoms with Crippen molar-refractivity contribution in [1.29, 1.82) is 0 Å². The molecule has 0 radical (unpaired) electrons. The van der Waals surface area contributed by atoms with Gasteiger partial charge in [-0.05, 0) is 31.9 Å². The largest absolute Gasteiger partial charge is 0.396 e. The molecule has 100 valence electrons. The molecule has 2 aromatic rings. The van der Waals surface area contributed by atoms with Crippen LogP contribution in [0.1, 0.15) is 27.2 Å². The van der Waals surface area contributed by atoms with E-state index in [0.717, 1.165) is 16.8 Å². The van der Waals surface area contributed by atoms with Gasteiger partial charge in [-0.1, -0.05) is 17.7 Å². The maximum atomic E-state index is 12.3. The zero-order chi connectivity index (χ0) is 14.2. The van der Waals surface area contributed by atoms with Gasteiger partial charge < -0.3 is 11.1 Å². The van der Waals surface area contributed by atoms with Crippen LogP contribution in [0.15, 0.2) is 18.3 Å². The average molecular weight is 258 g/mol. The molecule has 0 atom stereocenters. The Morgan fingerprint density at radius 1 is 1.26 bits per heavy atom. The highest BCUT2D eigenvalue weighted by Crippen LogP contribution is 2.23. The zero-order valence-electron chi connectivity index (χ0n) is 11.6. The summed E-state index contributed by atoms with van der Waals surface area (Å²) in [5, 5.41) is 6.88. The fourth-order valence-electron chi connectivity index (χ4n) is 2.28. The molecule has 0 saturated heterocycles. The van der Waals surface area contributed by atoms with Crippen molar-refractivity contribution in [2.75, 3.05) is 11.1 Å². The van der Waals surface area contributed by atoms with E-state index in [2.05, 4.69) is 10.4 Å². The molecule has 3 N–H and O–H groups in total. The number of anilines is 2. The smallest absolute Gasteiger partial charge is 0.276 e. The Bertz CT molecular complexity index is 600. The minimum atomic E-state index is -0.243. The highest BCUT2D eigenvalue weighted by atomic mass is 16.2. The highest BCUT2D eigenvalue weighted by Gasteiger charge is 2.16. The third-order valence-electron chi connectivity index (χ3n) is 3.10. The number of amides is 1. The van der Waals surface area contributed by atoms with Crippen molar-refractivity contribution >= 4 is 17.3 Å². The van der Waals surface area contributed by atoms with Crippen LogP contribution in [0.3, 0.4) is 0 Å². The normalized spacial score (nSPS) is 10.5. The van der Waals surface area contributed by atoms with E-state index in [-0.39, 0.29) is 5.91 Å². The van der Waals surface area contributed by atoms with Crippen molar-refractivity contribution in [3.8, 4) is 0 Å². The van der Waals surface area contributed by atoms with Crippen LogP contribution >= 0.6 is 0 Å². The fraction of sp³-hybridized carbons (Fsp3) is 0.286. The maximum absolute atomic E-state index is 12.3. The molecule has 0 aliphatic carbocycles. The molecule has 0 aliphatic rings. The van der Waals surface area contributed by atoms with Gasteiger partial charge in [0.05, 0.1) is 11.9 Å². The van der Waals surface area contributed by atoms with E-state index in [1.807, 2.05) is 32.9 Å². The molecular weight excluding hydrogens is 240 g/mol. The van der Waals surface area contributed by atoms with Crippen LogP contribution in [0.25, 0.3) is 0 Å². The summed E-state index contributed by atoms with van der Waals surface area (Å²) in [6.07, 6.45) is 1.48. The van der Waals surface area contributed by atoms with Gasteiger partial charge in [0, 0.05) is 12.7 Å². The second-order valence-corrected chi connectivity index (χ2v) is 4.80. The van der Waals surface area contributed by atoms with Crippen molar-refractivity contribution in [1.82, 2.24) is 9.78 Å². The summed E-state index contributed by atoms with van der Waals surface area (Å²) in [5.74, 6) is -0.243. The van der Waals surface area contributed by atoms with Gasteiger partial charge in [0.15, 0.2) is 0 Å². The SMILES string of the molecule is Cc1cc(C)c(NC(=O)c2c(N)cnn2C)c(C)c1. The van der Waals surface area contributed by atoms with Crippen LogP contribution < -0.4 is 11.1 Å². The minimum Gasteiger partial charge on any atom is -0.396 e. The number of carbonyl (C=O) groups is 1. The number of hydrogen-bond acceptors (Lipinski definition) is 3. The van der Waals surface area contributed by atoms with Gasteiger partial charge >= 0.3 is 0 Å². The number of aryl methyl sites for hydroxylation is 4. The van der Waals surface area contributed by atoms with Crippen LogP contribution in [0.2, 0.25) is 0 Å². The first kappa shape index (κ1) is 13.1. The number of nitrogens with zero attached hydrogens (tertiary/aromatic N) is 2. The van der Waals surface area contributed by atoms with Crippen LogP contribution in [0.4, 0.5) is 11.4 Å². The Hall–Kier alpha value is -2.30. The Kier molecular flexibility index (Phi) is 3.29. The molecule has 19 heavy (non-hydrogen) atoms. The van der Waals surface area contributed by atoms with Gasteiger partial charge in [0.2, 0.25) is 0 Å². The third-order valence-corrected chi connectivity index (χ3v) is 3.10. The Morgan fingerprint density at radius 2 is 1.84 bits per heavy atom. The van der Waals surface area contributed by atoms with Crippen molar-refractivity contribution in [3.05, 3.63) is 40.7 Å². The Balaban J connectivity index is 2.35. The summed E-state index contributed by atoms with van der Waals surface area (Å²) in [4.78, 5) is 12.3. The molecule has 0 aliphatic heterocycles. The lowest BCUT2D eigenvalue weighted by Gasteiger charge is -2.13. The molecule has 2 rings (SSSR count). The van der Waals surface area contributed by atoms with Crippen molar-refractivity contribution < 1.29 is 4.79 Å². The summed E-state index contributed by atoms with van der Waals surface area (Å²) < 4.78 is 1.48. The Morgan fingerprint density at radius 3 is 2.32 bits per heavy atom. The van der Waals surface area contributed by atoms with Crippen LogP contribution in [-0.4, -0.2) is 15.7 Å². The van der Waals surface area contributed by atoms with E-state index in [9.17, 15) is 4.79 Å². The lowest BCUT2D eigenvalue weighted by Crippen LogP contribution is -2.19. The van der Waals surface area contributed by atoms with Crippen LogP contribution in [0, 0.1) is 20.8 Å². The van der Waals surface area contributed by atoms with Crippen molar-refractivity contribution in [2.24, 2.45) is 7.05 Å². The van der Waals surface area contributed by atoms with Crippen molar-refractivity contribution in [2.45, 2.75) is 20.8 Å². The second-order valence-electron chi connectivity index (χ2n) is 4.80. The van der Waals surface area contributed by atoms with Gasteiger partial charge in [-0.15, -0.1) is 0 Å². The first-order valence-corrected chi connectivity index (χ1v) is 6.07. The van der Waals surface area contributed by atoms with E-state index < -0.39 is 0 Å². The first-order chi connectivity index (χ1) is 8.90. The highest BCUT2D eigenvalue weighted by molar-refractivity contribution is 6.07. The van der Waals surface area contributed by atoms with E-state index in [1.54, 1.807) is 7.05 Å². The predicted molar refractivity (Wildman–Crippen MR) is 76.2 cm³/mol. The summed E-state index contributed by atoms with van der Waals surface area (Å²) >= 11 is 0. The van der Waals surface area contributed by atoms with Gasteiger partial charge in [0.1, 0.15) is 5.69 Å². The molecule has 0 saturated carbocycles. The number of nitrogens with two attached hydrogens (primary N) is 1. The maximum Gasteiger partial charge on any atom is 0.276 e. The summed E-state index contributed by atoms with van der Waals surface area (Å²) in [6, 6.07) is 4.07.